The minimum Gasteiger partial charge on any atom is -0.456 e. The van der Waals surface area contributed by atoms with Crippen LogP contribution in [0.4, 0.5) is 5.69 Å². The normalized spacial score (nSPS) is 17.6. The fourth-order valence-corrected chi connectivity index (χ4v) is 6.41. The van der Waals surface area contributed by atoms with Gasteiger partial charge >= 0.3 is 5.97 Å². The van der Waals surface area contributed by atoms with Crippen LogP contribution in [-0.2, 0) is 34.0 Å². The summed E-state index contributed by atoms with van der Waals surface area (Å²) in [5.74, 6) is -1.98. The van der Waals surface area contributed by atoms with Gasteiger partial charge in [0.05, 0.1) is 34.6 Å². The third kappa shape index (κ3) is 6.17. The Morgan fingerprint density at radius 2 is 1.72 bits per heavy atom. The van der Waals surface area contributed by atoms with Crippen LogP contribution in [0.5, 0.6) is 0 Å². The van der Waals surface area contributed by atoms with Gasteiger partial charge < -0.3 is 9.64 Å². The maximum atomic E-state index is 12.8. The lowest BCUT2D eigenvalue weighted by Crippen LogP contribution is -2.43. The standard InChI is InChI=1S/C22H25NO7S2/c1-17-7-9-20(10-8-17)32(28,29)14-12-22(25)30-15-21(24)23(18-5-3-2-4-6-18)19-11-13-31(26,27)16-19/h2-10,19H,11-16H2,1H3. The van der Waals surface area contributed by atoms with E-state index in [1.165, 1.54) is 17.0 Å². The Bertz CT molecular complexity index is 1170. The van der Waals surface area contributed by atoms with Crippen LogP contribution in [0.15, 0.2) is 59.5 Å². The van der Waals surface area contributed by atoms with Crippen LogP contribution in [0.1, 0.15) is 18.4 Å². The molecule has 1 aliphatic heterocycles. The molecule has 2 aromatic carbocycles. The maximum Gasteiger partial charge on any atom is 0.307 e. The number of hydrogen-bond donors (Lipinski definition) is 0. The van der Waals surface area contributed by atoms with Crippen molar-refractivity contribution in [3.63, 3.8) is 0 Å². The van der Waals surface area contributed by atoms with Crippen molar-refractivity contribution in [1.82, 2.24) is 0 Å². The van der Waals surface area contributed by atoms with E-state index in [1.807, 2.05) is 6.92 Å². The number of anilines is 1. The third-order valence-electron chi connectivity index (χ3n) is 5.19. The molecule has 0 radical (unpaired) electrons. The van der Waals surface area contributed by atoms with E-state index in [4.69, 9.17) is 4.74 Å². The number of aryl methyl sites for hydroxylation is 1. The first-order valence-electron chi connectivity index (χ1n) is 10.1. The van der Waals surface area contributed by atoms with Crippen LogP contribution in [0.25, 0.3) is 0 Å². The molecule has 0 bridgehead atoms. The van der Waals surface area contributed by atoms with Gasteiger partial charge in [0, 0.05) is 5.69 Å². The molecular weight excluding hydrogens is 454 g/mol. The van der Waals surface area contributed by atoms with E-state index >= 15 is 0 Å². The van der Waals surface area contributed by atoms with Gasteiger partial charge in [0.15, 0.2) is 26.3 Å². The van der Waals surface area contributed by atoms with E-state index in [-0.39, 0.29) is 16.4 Å². The highest BCUT2D eigenvalue weighted by atomic mass is 32.2. The lowest BCUT2D eigenvalue weighted by Gasteiger charge is -2.28. The molecule has 1 unspecified atom stereocenters. The molecule has 0 spiro atoms. The second kappa shape index (κ2) is 9.83. The zero-order chi connectivity index (χ0) is 23.4. The van der Waals surface area contributed by atoms with E-state index in [0.717, 1.165) is 5.56 Å². The Morgan fingerprint density at radius 1 is 1.06 bits per heavy atom. The first-order valence-corrected chi connectivity index (χ1v) is 13.6. The lowest BCUT2D eigenvalue weighted by molar-refractivity contribution is -0.147. The van der Waals surface area contributed by atoms with Crippen molar-refractivity contribution in [3.05, 3.63) is 60.2 Å². The molecule has 1 saturated heterocycles. The van der Waals surface area contributed by atoms with Gasteiger partial charge in [0.1, 0.15) is 0 Å². The highest BCUT2D eigenvalue weighted by Crippen LogP contribution is 2.24. The van der Waals surface area contributed by atoms with Crippen LogP contribution in [0.3, 0.4) is 0 Å². The average Bonchev–Trinajstić information content (AvgIpc) is 3.11. The maximum absolute atomic E-state index is 12.8. The van der Waals surface area contributed by atoms with E-state index in [9.17, 15) is 26.4 Å². The minimum absolute atomic E-state index is 0.00899. The minimum atomic E-state index is -3.66. The van der Waals surface area contributed by atoms with Crippen molar-refractivity contribution in [1.29, 1.82) is 0 Å². The predicted molar refractivity (Wildman–Crippen MR) is 120 cm³/mol. The largest absolute Gasteiger partial charge is 0.456 e. The molecule has 32 heavy (non-hydrogen) atoms. The van der Waals surface area contributed by atoms with Gasteiger partial charge in [-0.2, -0.15) is 0 Å². The number of nitrogens with zero attached hydrogens (tertiary/aromatic N) is 1. The summed E-state index contributed by atoms with van der Waals surface area (Å²) >= 11 is 0. The number of amides is 1. The van der Waals surface area contributed by atoms with Gasteiger partial charge in [0.2, 0.25) is 0 Å². The van der Waals surface area contributed by atoms with E-state index in [2.05, 4.69) is 0 Å². The molecule has 0 aliphatic carbocycles. The molecular formula is C22H25NO7S2. The van der Waals surface area contributed by atoms with Crippen molar-refractivity contribution in [2.24, 2.45) is 0 Å². The van der Waals surface area contributed by atoms with Gasteiger partial charge in [-0.15, -0.1) is 0 Å². The van der Waals surface area contributed by atoms with Crippen molar-refractivity contribution in [2.45, 2.75) is 30.7 Å². The van der Waals surface area contributed by atoms with Crippen molar-refractivity contribution in [2.75, 3.05) is 28.8 Å². The molecule has 1 heterocycles. The van der Waals surface area contributed by atoms with E-state index < -0.39 is 56.4 Å². The Labute approximate surface area is 188 Å². The highest BCUT2D eigenvalue weighted by Gasteiger charge is 2.35. The number of esters is 1. The number of ether oxygens (including phenoxy) is 1. The van der Waals surface area contributed by atoms with Crippen LogP contribution < -0.4 is 4.90 Å². The SMILES string of the molecule is Cc1ccc(S(=O)(=O)CCC(=O)OCC(=O)N(c2ccccc2)C2CCS(=O)(=O)C2)cc1. The molecule has 10 heteroatoms. The molecule has 0 saturated carbocycles. The Morgan fingerprint density at radius 3 is 2.31 bits per heavy atom. The third-order valence-corrected chi connectivity index (χ3v) is 8.67. The van der Waals surface area contributed by atoms with E-state index in [0.29, 0.717) is 12.1 Å². The molecule has 8 nitrogen and oxygen atoms in total. The summed E-state index contributed by atoms with van der Waals surface area (Å²) in [6, 6.07) is 14.3. The summed E-state index contributed by atoms with van der Waals surface area (Å²) in [6.07, 6.45) is -0.0989. The highest BCUT2D eigenvalue weighted by molar-refractivity contribution is 7.91. The number of sulfone groups is 2. The zero-order valence-corrected chi connectivity index (χ0v) is 19.3. The van der Waals surface area contributed by atoms with Crippen molar-refractivity contribution in [3.8, 4) is 0 Å². The number of para-hydroxylation sites is 1. The summed E-state index contributed by atoms with van der Waals surface area (Å²) < 4.78 is 53.6. The summed E-state index contributed by atoms with van der Waals surface area (Å²) in [5, 5.41) is 0. The fourth-order valence-electron chi connectivity index (χ4n) is 3.49. The van der Waals surface area contributed by atoms with Gasteiger partial charge in [-0.05, 0) is 37.6 Å². The van der Waals surface area contributed by atoms with Gasteiger partial charge in [-0.3, -0.25) is 9.59 Å². The number of rotatable bonds is 8. The van der Waals surface area contributed by atoms with Crippen LogP contribution in [0, 0.1) is 6.92 Å². The smallest absolute Gasteiger partial charge is 0.307 e. The number of benzene rings is 2. The second-order valence-corrected chi connectivity index (χ2v) is 12.0. The fraction of sp³-hybridized carbons (Fsp3) is 0.364. The quantitative estimate of drug-likeness (QED) is 0.531. The molecule has 1 amide bonds. The van der Waals surface area contributed by atoms with Crippen LogP contribution >= 0.6 is 0 Å². The van der Waals surface area contributed by atoms with E-state index in [1.54, 1.807) is 42.5 Å². The van der Waals surface area contributed by atoms with Crippen LogP contribution in [-0.4, -0.2) is 58.6 Å². The number of carbonyl (C=O) groups is 2. The number of carbonyl (C=O) groups excluding carboxylic acids is 2. The van der Waals surface area contributed by atoms with Crippen molar-refractivity contribution >= 4 is 37.2 Å². The summed E-state index contributed by atoms with van der Waals surface area (Å²) in [7, 11) is -6.89. The second-order valence-electron chi connectivity index (χ2n) is 7.70. The van der Waals surface area contributed by atoms with Crippen molar-refractivity contribution < 1.29 is 31.2 Å². The molecule has 2 aromatic rings. The monoisotopic (exact) mass is 479 g/mol. The molecule has 3 rings (SSSR count). The Hall–Kier alpha value is -2.72. The topological polar surface area (TPSA) is 115 Å². The molecule has 1 aliphatic rings. The summed E-state index contributed by atoms with van der Waals surface area (Å²) in [4.78, 5) is 26.4. The first kappa shape index (κ1) is 23.9. The molecule has 1 atom stereocenters. The zero-order valence-electron chi connectivity index (χ0n) is 17.6. The number of hydrogen-bond acceptors (Lipinski definition) is 7. The van der Waals surface area contributed by atoms with Gasteiger partial charge in [-0.25, -0.2) is 16.8 Å². The molecule has 172 valence electrons. The van der Waals surface area contributed by atoms with Crippen LogP contribution in [0.2, 0.25) is 0 Å². The Kier molecular flexibility index (Phi) is 7.35. The first-order chi connectivity index (χ1) is 15.1. The summed E-state index contributed by atoms with van der Waals surface area (Å²) in [5.41, 5.74) is 1.43. The summed E-state index contributed by atoms with van der Waals surface area (Å²) in [6.45, 7) is 1.24. The predicted octanol–water partition coefficient (Wildman–Crippen LogP) is 1.92. The average molecular weight is 480 g/mol. The van der Waals surface area contributed by atoms with Gasteiger partial charge in [0.25, 0.3) is 5.91 Å². The van der Waals surface area contributed by atoms with Gasteiger partial charge in [-0.1, -0.05) is 35.9 Å². The lowest BCUT2D eigenvalue weighted by atomic mass is 10.2. The molecule has 1 fully saturated rings. The Balaban J connectivity index is 1.60. The molecule has 0 aromatic heterocycles. The molecule has 0 N–H and O–H groups in total.